The van der Waals surface area contributed by atoms with E-state index in [-0.39, 0.29) is 0 Å². The van der Waals surface area contributed by atoms with Crippen LogP contribution in [0.2, 0.25) is 10.0 Å². The van der Waals surface area contributed by atoms with Crippen LogP contribution in [0.25, 0.3) is 11.5 Å². The van der Waals surface area contributed by atoms with Crippen molar-refractivity contribution in [3.05, 3.63) is 64.0 Å². The van der Waals surface area contributed by atoms with Gasteiger partial charge in [0.1, 0.15) is 0 Å². The van der Waals surface area contributed by atoms with Gasteiger partial charge in [0.05, 0.1) is 6.54 Å². The molecule has 0 aliphatic carbocycles. The smallest absolute Gasteiger partial charge is 0.247 e. The molecule has 0 spiro atoms. The maximum atomic E-state index is 5.94. The summed E-state index contributed by atoms with van der Waals surface area (Å²) in [6, 6.07) is 12.9. The minimum Gasteiger partial charge on any atom is -0.419 e. The van der Waals surface area contributed by atoms with Crippen molar-refractivity contribution in [3.63, 3.8) is 0 Å². The SMILES string of the molecule is Cc1cc(Cl)ccc1NCc1nnc(-c2ccc(Cl)cc2)o1. The van der Waals surface area contributed by atoms with Crippen LogP contribution in [0.15, 0.2) is 46.9 Å². The van der Waals surface area contributed by atoms with E-state index in [1.165, 1.54) is 0 Å². The molecule has 6 heteroatoms. The molecular formula is C16H13Cl2N3O. The zero-order valence-electron chi connectivity index (χ0n) is 11.8. The normalized spacial score (nSPS) is 10.7. The quantitative estimate of drug-likeness (QED) is 0.732. The predicted molar refractivity (Wildman–Crippen MR) is 88.3 cm³/mol. The average molecular weight is 334 g/mol. The van der Waals surface area contributed by atoms with Crippen molar-refractivity contribution >= 4 is 28.9 Å². The Hall–Kier alpha value is -2.04. The minimum absolute atomic E-state index is 0.447. The number of halogens is 2. The number of benzene rings is 2. The summed E-state index contributed by atoms with van der Waals surface area (Å²) < 4.78 is 5.64. The van der Waals surface area contributed by atoms with Crippen LogP contribution in [-0.2, 0) is 6.54 Å². The molecule has 0 aliphatic rings. The monoisotopic (exact) mass is 333 g/mol. The van der Waals surface area contributed by atoms with Gasteiger partial charge in [-0.15, -0.1) is 10.2 Å². The fourth-order valence-corrected chi connectivity index (χ4v) is 2.38. The highest BCUT2D eigenvalue weighted by Gasteiger charge is 2.09. The molecule has 0 aliphatic heterocycles. The molecule has 0 unspecified atom stereocenters. The fraction of sp³-hybridized carbons (Fsp3) is 0.125. The van der Waals surface area contributed by atoms with Crippen LogP contribution in [0.4, 0.5) is 5.69 Å². The lowest BCUT2D eigenvalue weighted by Gasteiger charge is -2.07. The number of rotatable bonds is 4. The summed E-state index contributed by atoms with van der Waals surface area (Å²) in [4.78, 5) is 0. The number of aromatic nitrogens is 2. The lowest BCUT2D eigenvalue weighted by atomic mass is 10.2. The van der Waals surface area contributed by atoms with Gasteiger partial charge in [0.25, 0.3) is 0 Å². The lowest BCUT2D eigenvalue weighted by molar-refractivity contribution is 0.515. The van der Waals surface area contributed by atoms with Crippen LogP contribution in [0.1, 0.15) is 11.5 Å². The summed E-state index contributed by atoms with van der Waals surface area (Å²) in [7, 11) is 0. The molecule has 22 heavy (non-hydrogen) atoms. The highest BCUT2D eigenvalue weighted by atomic mass is 35.5. The Bertz CT molecular complexity index is 784. The third-order valence-electron chi connectivity index (χ3n) is 3.18. The average Bonchev–Trinajstić information content (AvgIpc) is 2.96. The summed E-state index contributed by atoms with van der Waals surface area (Å²) in [5.74, 6) is 0.987. The molecule has 1 heterocycles. The highest BCUT2D eigenvalue weighted by molar-refractivity contribution is 6.31. The van der Waals surface area contributed by atoms with Crippen molar-refractivity contribution in [2.24, 2.45) is 0 Å². The summed E-state index contributed by atoms with van der Waals surface area (Å²) in [6.07, 6.45) is 0. The van der Waals surface area contributed by atoms with Gasteiger partial charge in [-0.05, 0) is 55.0 Å². The Morgan fingerprint density at radius 3 is 2.45 bits per heavy atom. The number of hydrogen-bond donors (Lipinski definition) is 1. The third kappa shape index (κ3) is 3.40. The predicted octanol–water partition coefficient (Wildman–Crippen LogP) is 4.96. The Kier molecular flexibility index (Phi) is 4.32. The van der Waals surface area contributed by atoms with E-state index in [4.69, 9.17) is 27.6 Å². The molecule has 2 aromatic carbocycles. The van der Waals surface area contributed by atoms with Crippen molar-refractivity contribution < 1.29 is 4.42 Å². The van der Waals surface area contributed by atoms with Gasteiger partial charge < -0.3 is 9.73 Å². The summed E-state index contributed by atoms with van der Waals surface area (Å²) in [6.45, 7) is 2.43. The second-order valence-electron chi connectivity index (χ2n) is 4.82. The van der Waals surface area contributed by atoms with E-state index in [0.29, 0.717) is 28.4 Å². The molecule has 0 atom stereocenters. The number of anilines is 1. The van der Waals surface area contributed by atoms with Crippen LogP contribution in [0.5, 0.6) is 0 Å². The van der Waals surface area contributed by atoms with E-state index in [1.54, 1.807) is 12.1 Å². The van der Waals surface area contributed by atoms with Gasteiger partial charge in [-0.3, -0.25) is 0 Å². The van der Waals surface area contributed by atoms with E-state index < -0.39 is 0 Å². The maximum absolute atomic E-state index is 5.94. The van der Waals surface area contributed by atoms with E-state index in [2.05, 4.69) is 15.5 Å². The molecule has 0 bridgehead atoms. The van der Waals surface area contributed by atoms with Crippen molar-refractivity contribution in [2.45, 2.75) is 13.5 Å². The molecule has 0 saturated carbocycles. The van der Waals surface area contributed by atoms with Crippen LogP contribution in [-0.4, -0.2) is 10.2 Å². The molecule has 0 amide bonds. The molecule has 4 nitrogen and oxygen atoms in total. The largest absolute Gasteiger partial charge is 0.419 e. The molecule has 0 fully saturated rings. The van der Waals surface area contributed by atoms with E-state index >= 15 is 0 Å². The summed E-state index contributed by atoms with van der Waals surface area (Å²) >= 11 is 11.8. The summed E-state index contributed by atoms with van der Waals surface area (Å²) in [5, 5.41) is 12.7. The van der Waals surface area contributed by atoms with Gasteiger partial charge in [-0.25, -0.2) is 0 Å². The van der Waals surface area contributed by atoms with Gasteiger partial charge in [0.2, 0.25) is 11.8 Å². The zero-order chi connectivity index (χ0) is 15.5. The minimum atomic E-state index is 0.447. The zero-order valence-corrected chi connectivity index (χ0v) is 13.3. The van der Waals surface area contributed by atoms with Crippen molar-refractivity contribution in [1.29, 1.82) is 0 Å². The molecule has 0 saturated heterocycles. The van der Waals surface area contributed by atoms with Crippen LogP contribution in [0, 0.1) is 6.92 Å². The molecule has 112 valence electrons. The number of hydrogen-bond acceptors (Lipinski definition) is 4. The van der Waals surface area contributed by atoms with Gasteiger partial charge in [0, 0.05) is 21.3 Å². The molecule has 1 aromatic heterocycles. The van der Waals surface area contributed by atoms with Gasteiger partial charge in [-0.1, -0.05) is 23.2 Å². The van der Waals surface area contributed by atoms with E-state index in [1.807, 2.05) is 37.3 Å². The molecular weight excluding hydrogens is 321 g/mol. The standard InChI is InChI=1S/C16H13Cl2N3O/c1-10-8-13(18)6-7-14(10)19-9-15-20-21-16(22-15)11-2-4-12(17)5-3-11/h2-8,19H,9H2,1H3. The lowest BCUT2D eigenvalue weighted by Crippen LogP contribution is -2.01. The molecule has 1 N–H and O–H groups in total. The van der Waals surface area contributed by atoms with Crippen molar-refractivity contribution in [3.8, 4) is 11.5 Å². The van der Waals surface area contributed by atoms with Crippen LogP contribution >= 0.6 is 23.2 Å². The van der Waals surface area contributed by atoms with Crippen molar-refractivity contribution in [2.75, 3.05) is 5.32 Å². The maximum Gasteiger partial charge on any atom is 0.247 e. The number of nitrogens with zero attached hydrogens (tertiary/aromatic N) is 2. The van der Waals surface area contributed by atoms with Crippen LogP contribution in [0.3, 0.4) is 0 Å². The Morgan fingerprint density at radius 2 is 1.73 bits per heavy atom. The first-order valence-electron chi connectivity index (χ1n) is 6.70. The fourth-order valence-electron chi connectivity index (χ4n) is 2.03. The van der Waals surface area contributed by atoms with E-state index in [9.17, 15) is 0 Å². The Morgan fingerprint density at radius 1 is 1.00 bits per heavy atom. The third-order valence-corrected chi connectivity index (χ3v) is 3.66. The molecule has 0 radical (unpaired) electrons. The first-order chi connectivity index (χ1) is 10.6. The van der Waals surface area contributed by atoms with Gasteiger partial charge in [-0.2, -0.15) is 0 Å². The van der Waals surface area contributed by atoms with Gasteiger partial charge >= 0.3 is 0 Å². The topological polar surface area (TPSA) is 51.0 Å². The second kappa shape index (κ2) is 6.38. The Labute approximate surface area is 138 Å². The van der Waals surface area contributed by atoms with Gasteiger partial charge in [0.15, 0.2) is 0 Å². The number of aryl methyl sites for hydroxylation is 1. The van der Waals surface area contributed by atoms with Crippen molar-refractivity contribution in [1.82, 2.24) is 10.2 Å². The summed E-state index contributed by atoms with van der Waals surface area (Å²) in [5.41, 5.74) is 2.88. The molecule has 3 rings (SSSR count). The first-order valence-corrected chi connectivity index (χ1v) is 7.46. The Balaban J connectivity index is 1.70. The number of nitrogens with one attached hydrogen (secondary N) is 1. The first kappa shape index (κ1) is 14.9. The molecule has 3 aromatic rings. The van der Waals surface area contributed by atoms with E-state index in [0.717, 1.165) is 16.8 Å². The van der Waals surface area contributed by atoms with Crippen LogP contribution < -0.4 is 5.32 Å². The highest BCUT2D eigenvalue weighted by Crippen LogP contribution is 2.22. The second-order valence-corrected chi connectivity index (χ2v) is 5.69.